The maximum atomic E-state index is 11.1. The van der Waals surface area contributed by atoms with Gasteiger partial charge in [-0.25, -0.2) is 4.79 Å². The van der Waals surface area contributed by atoms with Crippen molar-refractivity contribution in [3.05, 3.63) is 24.8 Å². The van der Waals surface area contributed by atoms with Crippen LogP contribution in [0.4, 0.5) is 0 Å². The number of allylic oxidation sites excluding steroid dienone is 1. The van der Waals surface area contributed by atoms with E-state index in [1.165, 1.54) is 18.9 Å². The van der Waals surface area contributed by atoms with Crippen molar-refractivity contribution in [2.24, 2.45) is 0 Å². The monoisotopic (exact) mass is 237 g/mol. The van der Waals surface area contributed by atoms with Crippen molar-refractivity contribution in [3.63, 3.8) is 0 Å². The van der Waals surface area contributed by atoms with Gasteiger partial charge in [0.2, 0.25) is 0 Å². The molecule has 0 atom stereocenters. The number of carbonyl (C=O) groups is 1. The second-order valence-electron chi connectivity index (χ2n) is 3.49. The molecule has 0 aliphatic heterocycles. The van der Waals surface area contributed by atoms with Gasteiger partial charge in [-0.05, 0) is 12.8 Å². The van der Waals surface area contributed by atoms with Gasteiger partial charge in [-0.1, -0.05) is 46.3 Å². The van der Waals surface area contributed by atoms with Crippen molar-refractivity contribution in [2.45, 2.75) is 46.0 Å². The van der Waals surface area contributed by atoms with E-state index < -0.39 is 0 Å². The third-order valence-electron chi connectivity index (χ3n) is 2.04. The van der Waals surface area contributed by atoms with E-state index in [1.807, 2.05) is 6.92 Å². The molecule has 0 N–H and O–H groups in total. The van der Waals surface area contributed by atoms with Gasteiger partial charge in [-0.3, -0.25) is 0 Å². The number of hydrogen-bond donors (Lipinski definition) is 0. The largest absolute Gasteiger partial charge is 0.462 e. The Morgan fingerprint density at radius 2 is 1.94 bits per heavy atom. The molecule has 0 saturated heterocycles. The van der Waals surface area contributed by atoms with Crippen molar-refractivity contribution in [1.29, 1.82) is 5.26 Å². The zero-order valence-corrected chi connectivity index (χ0v) is 11.0. The summed E-state index contributed by atoms with van der Waals surface area (Å²) in [6, 6.07) is 1.69. The quantitative estimate of drug-likeness (QED) is 0.293. The maximum Gasteiger partial charge on any atom is 0.333 e. The molecule has 3 nitrogen and oxygen atoms in total. The fourth-order valence-corrected chi connectivity index (χ4v) is 0.940. The molecule has 17 heavy (non-hydrogen) atoms. The molecule has 0 aromatic heterocycles. The highest BCUT2D eigenvalue weighted by Crippen LogP contribution is 2.03. The summed E-state index contributed by atoms with van der Waals surface area (Å²) in [5.74, 6) is -0.237. The minimum atomic E-state index is -0.237. The lowest BCUT2D eigenvalue weighted by Gasteiger charge is -2.04. The summed E-state index contributed by atoms with van der Waals surface area (Å²) in [6.45, 7) is 11.3. The van der Waals surface area contributed by atoms with Crippen molar-refractivity contribution in [2.75, 3.05) is 6.61 Å². The lowest BCUT2D eigenvalue weighted by atomic mass is 10.2. The van der Waals surface area contributed by atoms with Crippen LogP contribution in [0.5, 0.6) is 0 Å². The van der Waals surface area contributed by atoms with E-state index in [2.05, 4.69) is 20.1 Å². The third-order valence-corrected chi connectivity index (χ3v) is 2.04. The molecule has 0 aromatic carbocycles. The van der Waals surface area contributed by atoms with Crippen LogP contribution in [0.1, 0.15) is 46.0 Å². The molecule has 0 rings (SSSR count). The summed E-state index contributed by atoms with van der Waals surface area (Å²) in [5, 5.41) is 7.51. The van der Waals surface area contributed by atoms with Crippen LogP contribution in [0.3, 0.4) is 0 Å². The molecule has 0 spiro atoms. The molecule has 0 aliphatic rings. The van der Waals surface area contributed by atoms with E-state index in [9.17, 15) is 4.79 Å². The standard InChI is InChI=1S/C11H20O2.C3H3N/c1-4-6-7-8-9-13-11(12)10(3)5-2;1-2-3-4/h3-9H2,1-2H3;2H,1H2. The summed E-state index contributed by atoms with van der Waals surface area (Å²) >= 11 is 0. The zero-order chi connectivity index (χ0) is 13.5. The van der Waals surface area contributed by atoms with Gasteiger partial charge >= 0.3 is 5.97 Å². The smallest absolute Gasteiger partial charge is 0.333 e. The molecule has 0 aromatic rings. The van der Waals surface area contributed by atoms with Crippen LogP contribution in [-0.2, 0) is 9.53 Å². The van der Waals surface area contributed by atoms with E-state index in [-0.39, 0.29) is 5.97 Å². The number of nitriles is 1. The van der Waals surface area contributed by atoms with Crippen LogP contribution < -0.4 is 0 Å². The Morgan fingerprint density at radius 1 is 1.35 bits per heavy atom. The first-order valence-corrected chi connectivity index (χ1v) is 5.99. The Balaban J connectivity index is 0. The van der Waals surface area contributed by atoms with Crippen LogP contribution >= 0.6 is 0 Å². The number of ether oxygens (including phenoxy) is 1. The Morgan fingerprint density at radius 3 is 2.35 bits per heavy atom. The minimum Gasteiger partial charge on any atom is -0.462 e. The predicted molar refractivity (Wildman–Crippen MR) is 70.3 cm³/mol. The van der Waals surface area contributed by atoms with Gasteiger partial charge in [0, 0.05) is 11.6 Å². The summed E-state index contributed by atoms with van der Waals surface area (Å²) in [5.41, 5.74) is 0.565. The van der Waals surface area contributed by atoms with Crippen molar-refractivity contribution in [1.82, 2.24) is 0 Å². The molecule has 0 unspecified atom stereocenters. The zero-order valence-electron chi connectivity index (χ0n) is 11.0. The Kier molecular flexibility index (Phi) is 15.1. The van der Waals surface area contributed by atoms with E-state index in [4.69, 9.17) is 10.00 Å². The molecule has 0 fully saturated rings. The van der Waals surface area contributed by atoms with Gasteiger partial charge in [0.1, 0.15) is 0 Å². The first-order chi connectivity index (χ1) is 8.13. The lowest BCUT2D eigenvalue weighted by Crippen LogP contribution is -2.07. The number of hydrogen-bond acceptors (Lipinski definition) is 3. The van der Waals surface area contributed by atoms with Crippen molar-refractivity contribution < 1.29 is 9.53 Å². The predicted octanol–water partition coefficient (Wildman–Crippen LogP) is 3.77. The number of unbranched alkanes of at least 4 members (excludes halogenated alkanes) is 3. The van der Waals surface area contributed by atoms with Crippen LogP contribution in [0.25, 0.3) is 0 Å². The highest BCUT2D eigenvalue weighted by molar-refractivity contribution is 5.87. The van der Waals surface area contributed by atoms with Crippen LogP contribution in [-0.4, -0.2) is 12.6 Å². The highest BCUT2D eigenvalue weighted by Gasteiger charge is 2.04. The molecule has 0 saturated carbocycles. The second-order valence-corrected chi connectivity index (χ2v) is 3.49. The van der Waals surface area contributed by atoms with Crippen LogP contribution in [0.2, 0.25) is 0 Å². The lowest BCUT2D eigenvalue weighted by molar-refractivity contribution is -0.139. The van der Waals surface area contributed by atoms with Crippen molar-refractivity contribution >= 4 is 5.97 Å². The first kappa shape index (κ1) is 17.8. The van der Waals surface area contributed by atoms with Gasteiger partial charge in [-0.2, -0.15) is 5.26 Å². The highest BCUT2D eigenvalue weighted by atomic mass is 16.5. The van der Waals surface area contributed by atoms with E-state index in [0.29, 0.717) is 18.6 Å². The van der Waals surface area contributed by atoms with Crippen LogP contribution in [0.15, 0.2) is 24.8 Å². The van der Waals surface area contributed by atoms with E-state index in [1.54, 1.807) is 6.07 Å². The normalized spacial score (nSPS) is 8.29. The van der Waals surface area contributed by atoms with E-state index in [0.717, 1.165) is 12.8 Å². The molecule has 0 aliphatic carbocycles. The average molecular weight is 237 g/mol. The number of carbonyl (C=O) groups excluding carboxylic acids is 1. The average Bonchev–Trinajstić information content (AvgIpc) is 2.37. The molecular formula is C14H23NO2. The molecule has 0 amide bonds. The van der Waals surface area contributed by atoms with Gasteiger partial charge in [0.15, 0.2) is 0 Å². The topological polar surface area (TPSA) is 50.1 Å². The SMILES string of the molecule is C=C(CC)C(=O)OCCCCCC.C=CC#N. The Bertz CT molecular complexity index is 264. The second kappa shape index (κ2) is 14.4. The first-order valence-electron chi connectivity index (χ1n) is 5.99. The molecular weight excluding hydrogens is 214 g/mol. The molecule has 0 heterocycles. The fraction of sp³-hybridized carbons (Fsp3) is 0.571. The van der Waals surface area contributed by atoms with E-state index >= 15 is 0 Å². The van der Waals surface area contributed by atoms with Crippen LogP contribution in [0, 0.1) is 11.3 Å². The summed E-state index contributed by atoms with van der Waals surface area (Å²) in [4.78, 5) is 11.1. The van der Waals surface area contributed by atoms with Gasteiger partial charge in [0.25, 0.3) is 0 Å². The summed E-state index contributed by atoms with van der Waals surface area (Å²) in [7, 11) is 0. The van der Waals surface area contributed by atoms with Gasteiger partial charge in [-0.15, -0.1) is 0 Å². The molecule has 0 bridgehead atoms. The summed E-state index contributed by atoms with van der Waals surface area (Å²) in [6.07, 6.45) is 6.38. The number of nitrogens with zero attached hydrogens (tertiary/aromatic N) is 1. The third kappa shape index (κ3) is 14.4. The Hall–Kier alpha value is -1.56. The Labute approximate surface area is 105 Å². The molecule has 3 heteroatoms. The van der Waals surface area contributed by atoms with Gasteiger partial charge in [0.05, 0.1) is 12.7 Å². The number of rotatable bonds is 7. The minimum absolute atomic E-state index is 0.237. The number of esters is 1. The maximum absolute atomic E-state index is 11.1. The molecule has 96 valence electrons. The van der Waals surface area contributed by atoms with Crippen molar-refractivity contribution in [3.8, 4) is 6.07 Å². The molecule has 0 radical (unpaired) electrons. The summed E-state index contributed by atoms with van der Waals surface area (Å²) < 4.78 is 5.00. The fourth-order valence-electron chi connectivity index (χ4n) is 0.940. The van der Waals surface area contributed by atoms with Gasteiger partial charge < -0.3 is 4.74 Å².